The summed E-state index contributed by atoms with van der Waals surface area (Å²) >= 11 is 0. The summed E-state index contributed by atoms with van der Waals surface area (Å²) < 4.78 is 11.4. The molecule has 0 amide bonds. The Morgan fingerprint density at radius 3 is 1.31 bits per heavy atom. The Bertz CT molecular complexity index is 1140. The Morgan fingerprint density at radius 1 is 0.528 bits per heavy atom. The molecule has 0 N–H and O–H groups in total. The lowest BCUT2D eigenvalue weighted by molar-refractivity contribution is 0.414. The van der Waals surface area contributed by atoms with Gasteiger partial charge < -0.3 is 19.3 Å². The minimum atomic E-state index is 0.946. The highest BCUT2D eigenvalue weighted by atomic mass is 16.5. The summed E-state index contributed by atoms with van der Waals surface area (Å²) in [6.07, 6.45) is 13.7. The van der Waals surface area contributed by atoms with Crippen LogP contribution in [0.5, 0.6) is 11.5 Å². The van der Waals surface area contributed by atoms with Crippen LogP contribution in [0, 0.1) is 0 Å². The van der Waals surface area contributed by atoms with E-state index in [0.717, 1.165) is 48.8 Å². The molecule has 0 atom stereocenters. The van der Waals surface area contributed by atoms with Gasteiger partial charge in [-0.1, -0.05) is 54.6 Å². The smallest absolute Gasteiger partial charge is 0.142 e. The minimum Gasteiger partial charge on any atom is -0.495 e. The number of methoxy groups -OCH3 is 2. The van der Waals surface area contributed by atoms with Crippen molar-refractivity contribution in [1.82, 2.24) is 0 Å². The summed E-state index contributed by atoms with van der Waals surface area (Å²) in [5, 5.41) is 0. The largest absolute Gasteiger partial charge is 0.495 e. The molecule has 36 heavy (non-hydrogen) atoms. The van der Waals surface area contributed by atoms with Gasteiger partial charge in [-0.15, -0.1) is 0 Å². The Balaban J connectivity index is 1.29. The van der Waals surface area contributed by atoms with Crippen LogP contribution < -0.4 is 19.3 Å². The molecule has 186 valence electrons. The van der Waals surface area contributed by atoms with E-state index < -0.39 is 0 Å². The SMILES string of the molecule is COc1cc(/C=C/c2cccc(/C=C/c3ccc(N4CCCC4)c(OC)c3)c2)ccc1N1CCCC1. The maximum atomic E-state index is 5.70. The van der Waals surface area contributed by atoms with Gasteiger partial charge in [0.25, 0.3) is 0 Å². The van der Waals surface area contributed by atoms with E-state index in [1.807, 2.05) is 0 Å². The van der Waals surface area contributed by atoms with Gasteiger partial charge >= 0.3 is 0 Å². The number of nitrogens with zero attached hydrogens (tertiary/aromatic N) is 2. The molecular weight excluding hydrogens is 444 g/mol. The molecule has 2 heterocycles. The maximum absolute atomic E-state index is 5.70. The molecule has 0 saturated carbocycles. The average Bonchev–Trinajstić information content (AvgIpc) is 3.66. The minimum absolute atomic E-state index is 0.946. The third kappa shape index (κ3) is 5.59. The summed E-state index contributed by atoms with van der Waals surface area (Å²) in [4.78, 5) is 4.83. The summed E-state index contributed by atoms with van der Waals surface area (Å²) in [5.41, 5.74) is 7.01. The third-order valence-corrected chi connectivity index (χ3v) is 7.15. The average molecular weight is 481 g/mol. The van der Waals surface area contributed by atoms with Gasteiger partial charge in [-0.3, -0.25) is 0 Å². The second kappa shape index (κ2) is 11.4. The molecule has 3 aromatic rings. The molecule has 2 aliphatic rings. The van der Waals surface area contributed by atoms with Crippen molar-refractivity contribution < 1.29 is 9.47 Å². The highest BCUT2D eigenvalue weighted by Crippen LogP contribution is 2.33. The topological polar surface area (TPSA) is 24.9 Å². The standard InChI is InChI=1S/C32H36N2O2/c1-35-31-23-27(14-16-29(31)33-18-3-4-19-33)12-10-25-8-7-9-26(22-25)11-13-28-15-17-30(32(24-28)36-2)34-20-5-6-21-34/h7-17,22-24H,3-6,18-21H2,1-2H3/b12-10+,13-11+. The fourth-order valence-electron chi connectivity index (χ4n) is 5.19. The molecule has 0 bridgehead atoms. The van der Waals surface area contributed by atoms with E-state index in [9.17, 15) is 0 Å². The van der Waals surface area contributed by atoms with Crippen LogP contribution in [-0.2, 0) is 0 Å². The van der Waals surface area contributed by atoms with Crippen molar-refractivity contribution in [3.05, 3.63) is 82.9 Å². The van der Waals surface area contributed by atoms with Crippen LogP contribution in [0.3, 0.4) is 0 Å². The molecule has 4 nitrogen and oxygen atoms in total. The van der Waals surface area contributed by atoms with E-state index >= 15 is 0 Å². The molecule has 0 unspecified atom stereocenters. The van der Waals surface area contributed by atoms with Crippen LogP contribution in [0.15, 0.2) is 60.7 Å². The van der Waals surface area contributed by atoms with Crippen LogP contribution in [0.25, 0.3) is 24.3 Å². The molecule has 0 radical (unpaired) electrons. The highest BCUT2D eigenvalue weighted by molar-refractivity contribution is 5.76. The zero-order valence-corrected chi connectivity index (χ0v) is 21.5. The predicted octanol–water partition coefficient (Wildman–Crippen LogP) is 7.25. The zero-order chi connectivity index (χ0) is 24.7. The molecule has 5 rings (SSSR count). The molecule has 2 saturated heterocycles. The summed E-state index contributed by atoms with van der Waals surface area (Å²) in [6, 6.07) is 21.6. The van der Waals surface area contributed by atoms with E-state index in [4.69, 9.17) is 9.47 Å². The first-order chi connectivity index (χ1) is 17.7. The lowest BCUT2D eigenvalue weighted by atomic mass is 10.1. The lowest BCUT2D eigenvalue weighted by Crippen LogP contribution is -2.18. The van der Waals surface area contributed by atoms with Gasteiger partial charge in [0.15, 0.2) is 0 Å². The second-order valence-electron chi connectivity index (χ2n) is 9.59. The first-order valence-electron chi connectivity index (χ1n) is 13.1. The number of rotatable bonds is 8. The monoisotopic (exact) mass is 480 g/mol. The van der Waals surface area contributed by atoms with E-state index in [-0.39, 0.29) is 0 Å². The maximum Gasteiger partial charge on any atom is 0.142 e. The quantitative estimate of drug-likeness (QED) is 0.317. The fourth-order valence-corrected chi connectivity index (χ4v) is 5.19. The van der Waals surface area contributed by atoms with Crippen LogP contribution in [-0.4, -0.2) is 40.4 Å². The van der Waals surface area contributed by atoms with Crippen molar-refractivity contribution in [2.24, 2.45) is 0 Å². The summed E-state index contributed by atoms with van der Waals surface area (Å²) in [6.45, 7) is 4.45. The normalized spacial score (nSPS) is 15.9. The van der Waals surface area contributed by atoms with Crippen molar-refractivity contribution in [3.8, 4) is 11.5 Å². The first kappa shape index (κ1) is 24.1. The van der Waals surface area contributed by atoms with Gasteiger partial charge in [0, 0.05) is 26.2 Å². The first-order valence-corrected chi connectivity index (χ1v) is 13.1. The Kier molecular flexibility index (Phi) is 7.61. The van der Waals surface area contributed by atoms with Crippen molar-refractivity contribution in [1.29, 1.82) is 0 Å². The van der Waals surface area contributed by atoms with Crippen molar-refractivity contribution in [2.75, 3.05) is 50.2 Å². The van der Waals surface area contributed by atoms with E-state index in [0.29, 0.717) is 0 Å². The Morgan fingerprint density at radius 2 is 0.917 bits per heavy atom. The lowest BCUT2D eigenvalue weighted by Gasteiger charge is -2.20. The van der Waals surface area contributed by atoms with Crippen LogP contribution in [0.4, 0.5) is 11.4 Å². The Labute approximate surface area is 215 Å². The Hall–Kier alpha value is -3.66. The molecule has 0 spiro atoms. The molecule has 0 aromatic heterocycles. The van der Waals surface area contributed by atoms with E-state index in [1.54, 1.807) is 14.2 Å². The van der Waals surface area contributed by atoms with E-state index in [2.05, 4.69) is 94.8 Å². The number of hydrogen-bond donors (Lipinski definition) is 0. The number of anilines is 2. The fraction of sp³-hybridized carbons (Fsp3) is 0.312. The van der Waals surface area contributed by atoms with Gasteiger partial charge in [0.2, 0.25) is 0 Å². The van der Waals surface area contributed by atoms with Crippen LogP contribution in [0.1, 0.15) is 47.9 Å². The summed E-state index contributed by atoms with van der Waals surface area (Å²) in [7, 11) is 3.52. The molecule has 3 aromatic carbocycles. The van der Waals surface area contributed by atoms with Gasteiger partial charge in [-0.05, 0) is 78.3 Å². The number of ether oxygens (including phenoxy) is 2. The van der Waals surface area contributed by atoms with Crippen LogP contribution >= 0.6 is 0 Å². The highest BCUT2D eigenvalue weighted by Gasteiger charge is 2.17. The van der Waals surface area contributed by atoms with Gasteiger partial charge in [0.05, 0.1) is 25.6 Å². The third-order valence-electron chi connectivity index (χ3n) is 7.15. The van der Waals surface area contributed by atoms with Crippen molar-refractivity contribution in [2.45, 2.75) is 25.7 Å². The number of hydrogen-bond acceptors (Lipinski definition) is 4. The van der Waals surface area contributed by atoms with Crippen molar-refractivity contribution in [3.63, 3.8) is 0 Å². The van der Waals surface area contributed by atoms with Gasteiger partial charge in [0.1, 0.15) is 11.5 Å². The molecule has 2 fully saturated rings. The van der Waals surface area contributed by atoms with Crippen molar-refractivity contribution >= 4 is 35.7 Å². The number of benzene rings is 3. The molecular formula is C32H36N2O2. The molecule has 0 aliphatic carbocycles. The zero-order valence-electron chi connectivity index (χ0n) is 21.5. The van der Waals surface area contributed by atoms with E-state index in [1.165, 1.54) is 48.2 Å². The predicted molar refractivity (Wildman–Crippen MR) is 153 cm³/mol. The van der Waals surface area contributed by atoms with Crippen LogP contribution in [0.2, 0.25) is 0 Å². The van der Waals surface area contributed by atoms with Gasteiger partial charge in [-0.2, -0.15) is 0 Å². The summed E-state index contributed by atoms with van der Waals surface area (Å²) in [5.74, 6) is 1.89. The second-order valence-corrected chi connectivity index (χ2v) is 9.59. The van der Waals surface area contributed by atoms with Gasteiger partial charge in [-0.25, -0.2) is 0 Å². The molecule has 4 heteroatoms. The molecule has 2 aliphatic heterocycles.